The van der Waals surface area contributed by atoms with Gasteiger partial charge in [-0.1, -0.05) is 30.3 Å². The number of rotatable bonds is 8. The van der Waals surface area contributed by atoms with Gasteiger partial charge in [-0.3, -0.25) is 9.69 Å². The maximum absolute atomic E-state index is 10.8. The fourth-order valence-electron chi connectivity index (χ4n) is 3.39. The Morgan fingerprint density at radius 1 is 0.962 bits per heavy atom. The maximum Gasteiger partial charge on any atom is 0.172 e. The molecule has 1 saturated heterocycles. The van der Waals surface area contributed by atoms with E-state index in [1.54, 1.807) is 12.1 Å². The van der Waals surface area contributed by atoms with Gasteiger partial charge in [0, 0.05) is 38.4 Å². The van der Waals surface area contributed by atoms with Gasteiger partial charge in [0.1, 0.15) is 11.4 Å². The molecular weight excluding hydrogens is 326 g/mol. The normalized spacial score (nSPS) is 15.8. The predicted octanol–water partition coefficient (Wildman–Crippen LogP) is 2.74. The second-order valence-corrected chi connectivity index (χ2v) is 6.89. The van der Waals surface area contributed by atoms with Crippen molar-refractivity contribution in [2.24, 2.45) is 0 Å². The first-order valence-corrected chi connectivity index (χ1v) is 9.37. The summed E-state index contributed by atoms with van der Waals surface area (Å²) < 4.78 is 0. The van der Waals surface area contributed by atoms with E-state index in [1.807, 2.05) is 0 Å². The zero-order valence-corrected chi connectivity index (χ0v) is 15.2. The molecule has 3 rings (SSSR count). The van der Waals surface area contributed by atoms with E-state index in [-0.39, 0.29) is 11.4 Å². The van der Waals surface area contributed by atoms with Crippen LogP contribution in [0.25, 0.3) is 0 Å². The summed E-state index contributed by atoms with van der Waals surface area (Å²) in [7, 11) is 0. The number of hydrogen-bond donors (Lipinski definition) is 1. The van der Waals surface area contributed by atoms with Crippen molar-refractivity contribution in [2.75, 3.05) is 32.7 Å². The smallest absolute Gasteiger partial charge is 0.172 e. The fraction of sp³-hybridized carbons (Fsp3) is 0.429. The van der Waals surface area contributed by atoms with Gasteiger partial charge in [-0.2, -0.15) is 0 Å². The van der Waals surface area contributed by atoms with Gasteiger partial charge in [-0.05, 0) is 43.5 Å². The van der Waals surface area contributed by atoms with Crippen molar-refractivity contribution in [2.45, 2.75) is 25.8 Å². The van der Waals surface area contributed by atoms with Gasteiger partial charge in [-0.25, -0.2) is 4.98 Å². The number of benzene rings is 1. The molecule has 1 fully saturated rings. The maximum atomic E-state index is 10.8. The highest BCUT2D eigenvalue weighted by atomic mass is 16.3. The van der Waals surface area contributed by atoms with Crippen LogP contribution in [0, 0.1) is 0 Å². The molecule has 0 radical (unpaired) electrons. The van der Waals surface area contributed by atoms with Gasteiger partial charge in [0.05, 0.1) is 0 Å². The Kier molecular flexibility index (Phi) is 6.75. The molecule has 0 spiro atoms. The lowest BCUT2D eigenvalue weighted by atomic mass is 10.1. The largest absolute Gasteiger partial charge is 0.506 e. The SMILES string of the molecule is O=Cc1nc(CCCCN2CCN(Cc3ccccc3)CC2)ccc1O. The van der Waals surface area contributed by atoms with E-state index in [0.717, 1.165) is 64.2 Å². The number of aromatic hydroxyl groups is 1. The lowest BCUT2D eigenvalue weighted by molar-refractivity contribution is 0.111. The lowest BCUT2D eigenvalue weighted by Crippen LogP contribution is -2.46. The Hall–Kier alpha value is -2.24. The molecule has 1 aromatic carbocycles. The summed E-state index contributed by atoms with van der Waals surface area (Å²) in [6.45, 7) is 6.64. The van der Waals surface area contributed by atoms with Crippen molar-refractivity contribution in [1.29, 1.82) is 0 Å². The summed E-state index contributed by atoms with van der Waals surface area (Å²) in [4.78, 5) is 20.1. The van der Waals surface area contributed by atoms with E-state index < -0.39 is 0 Å². The number of unbranched alkanes of at least 4 members (excludes halogenated alkanes) is 1. The van der Waals surface area contributed by atoms with E-state index >= 15 is 0 Å². The van der Waals surface area contributed by atoms with Crippen molar-refractivity contribution in [3.8, 4) is 5.75 Å². The molecule has 0 saturated carbocycles. The van der Waals surface area contributed by atoms with Crippen LogP contribution in [0.15, 0.2) is 42.5 Å². The highest BCUT2D eigenvalue weighted by Gasteiger charge is 2.16. The van der Waals surface area contributed by atoms with E-state index in [2.05, 4.69) is 45.1 Å². The first-order valence-electron chi connectivity index (χ1n) is 9.37. The number of aryl methyl sites for hydroxylation is 1. The monoisotopic (exact) mass is 353 g/mol. The Bertz CT molecular complexity index is 698. The second-order valence-electron chi connectivity index (χ2n) is 6.89. The number of aldehydes is 1. The van der Waals surface area contributed by atoms with Crippen LogP contribution in [0.4, 0.5) is 0 Å². The molecule has 0 atom stereocenters. The standard InChI is InChI=1S/C21H27N3O2/c25-17-20-21(26)10-9-19(22-20)8-4-5-11-23-12-14-24(15-13-23)16-18-6-2-1-3-7-18/h1-3,6-7,9-10,17,26H,4-5,8,11-16H2. The molecule has 1 aliphatic heterocycles. The minimum absolute atomic E-state index is 0.0443. The highest BCUT2D eigenvalue weighted by molar-refractivity contribution is 5.75. The zero-order valence-electron chi connectivity index (χ0n) is 15.2. The lowest BCUT2D eigenvalue weighted by Gasteiger charge is -2.34. The molecule has 2 aromatic rings. The Morgan fingerprint density at radius 2 is 1.69 bits per heavy atom. The molecule has 138 valence electrons. The third-order valence-corrected chi connectivity index (χ3v) is 4.94. The number of aromatic nitrogens is 1. The molecule has 1 aliphatic rings. The number of hydrogen-bond acceptors (Lipinski definition) is 5. The molecule has 5 heteroatoms. The molecule has 0 unspecified atom stereocenters. The van der Waals surface area contributed by atoms with Crippen LogP contribution in [0.2, 0.25) is 0 Å². The van der Waals surface area contributed by atoms with Crippen molar-refractivity contribution in [3.05, 3.63) is 59.4 Å². The minimum Gasteiger partial charge on any atom is -0.506 e. The van der Waals surface area contributed by atoms with E-state index in [0.29, 0.717) is 6.29 Å². The summed E-state index contributed by atoms with van der Waals surface area (Å²) in [5.41, 5.74) is 2.40. The average Bonchev–Trinajstić information content (AvgIpc) is 2.68. The summed E-state index contributed by atoms with van der Waals surface area (Å²) >= 11 is 0. The van der Waals surface area contributed by atoms with Gasteiger partial charge in [-0.15, -0.1) is 0 Å². The third-order valence-electron chi connectivity index (χ3n) is 4.94. The van der Waals surface area contributed by atoms with Gasteiger partial charge < -0.3 is 10.0 Å². The number of nitrogens with zero attached hydrogens (tertiary/aromatic N) is 3. The molecule has 1 aromatic heterocycles. The average molecular weight is 353 g/mol. The topological polar surface area (TPSA) is 56.7 Å². The molecule has 0 bridgehead atoms. The summed E-state index contributed by atoms with van der Waals surface area (Å²) in [6, 6.07) is 14.0. The van der Waals surface area contributed by atoms with Crippen LogP contribution >= 0.6 is 0 Å². The minimum atomic E-state index is -0.0443. The number of carbonyl (C=O) groups excluding carboxylic acids is 1. The first-order chi connectivity index (χ1) is 12.7. The first kappa shape index (κ1) is 18.5. The predicted molar refractivity (Wildman–Crippen MR) is 102 cm³/mol. The molecule has 1 N–H and O–H groups in total. The summed E-state index contributed by atoms with van der Waals surface area (Å²) in [5.74, 6) is -0.0443. The van der Waals surface area contributed by atoms with Crippen molar-refractivity contribution < 1.29 is 9.90 Å². The van der Waals surface area contributed by atoms with Crippen LogP contribution in [-0.4, -0.2) is 58.9 Å². The van der Waals surface area contributed by atoms with E-state index in [1.165, 1.54) is 5.56 Å². The fourth-order valence-corrected chi connectivity index (χ4v) is 3.39. The van der Waals surface area contributed by atoms with Crippen LogP contribution in [0.1, 0.15) is 34.6 Å². The quantitative estimate of drug-likeness (QED) is 0.584. The van der Waals surface area contributed by atoms with E-state index in [4.69, 9.17) is 0 Å². The molecule has 0 aliphatic carbocycles. The van der Waals surface area contributed by atoms with Crippen LogP contribution in [0.3, 0.4) is 0 Å². The Balaban J connectivity index is 1.33. The Labute approximate surface area is 155 Å². The van der Waals surface area contributed by atoms with Gasteiger partial charge in [0.25, 0.3) is 0 Å². The van der Waals surface area contributed by atoms with Gasteiger partial charge in [0.2, 0.25) is 0 Å². The van der Waals surface area contributed by atoms with Crippen molar-refractivity contribution in [3.63, 3.8) is 0 Å². The number of pyridine rings is 1. The molecule has 5 nitrogen and oxygen atoms in total. The molecular formula is C21H27N3O2. The second kappa shape index (κ2) is 9.46. The summed E-state index contributed by atoms with van der Waals surface area (Å²) in [6.07, 6.45) is 3.61. The summed E-state index contributed by atoms with van der Waals surface area (Å²) in [5, 5.41) is 9.49. The third kappa shape index (κ3) is 5.38. The molecule has 2 heterocycles. The zero-order chi connectivity index (χ0) is 18.2. The van der Waals surface area contributed by atoms with Crippen LogP contribution in [-0.2, 0) is 13.0 Å². The van der Waals surface area contributed by atoms with Gasteiger partial charge in [0.15, 0.2) is 6.29 Å². The number of piperazine rings is 1. The van der Waals surface area contributed by atoms with Crippen LogP contribution in [0.5, 0.6) is 5.75 Å². The molecule has 26 heavy (non-hydrogen) atoms. The Morgan fingerprint density at radius 3 is 2.42 bits per heavy atom. The van der Waals surface area contributed by atoms with Crippen LogP contribution < -0.4 is 0 Å². The van der Waals surface area contributed by atoms with E-state index in [9.17, 15) is 9.90 Å². The molecule has 0 amide bonds. The van der Waals surface area contributed by atoms with Crippen molar-refractivity contribution >= 4 is 6.29 Å². The van der Waals surface area contributed by atoms with Gasteiger partial charge >= 0.3 is 0 Å². The van der Waals surface area contributed by atoms with Crippen molar-refractivity contribution in [1.82, 2.24) is 14.8 Å². The highest BCUT2D eigenvalue weighted by Crippen LogP contribution is 2.14. The number of carbonyl (C=O) groups is 1.